The quantitative estimate of drug-likeness (QED) is 0.709. The van der Waals surface area contributed by atoms with Gasteiger partial charge in [0.1, 0.15) is 0 Å². The number of likely N-dealkylation sites (tertiary alicyclic amines) is 1. The highest BCUT2D eigenvalue weighted by Crippen LogP contribution is 2.24. The van der Waals surface area contributed by atoms with Crippen LogP contribution in [0.1, 0.15) is 45.6 Å². The summed E-state index contributed by atoms with van der Waals surface area (Å²) in [6.07, 6.45) is 2.31. The lowest BCUT2D eigenvalue weighted by molar-refractivity contribution is -0.133. The fourth-order valence-electron chi connectivity index (χ4n) is 5.05. The second kappa shape index (κ2) is 12.3. The summed E-state index contributed by atoms with van der Waals surface area (Å²) in [6, 6.07) is 7.93. The molecule has 2 heterocycles. The van der Waals surface area contributed by atoms with E-state index in [1.54, 1.807) is 6.92 Å². The molecule has 188 valence electrons. The Kier molecular flexibility index (Phi) is 9.47. The number of piperidine rings is 1. The molecule has 34 heavy (non-hydrogen) atoms. The molecular weight excluding hydrogens is 430 g/mol. The summed E-state index contributed by atoms with van der Waals surface area (Å²) >= 11 is 0. The van der Waals surface area contributed by atoms with Crippen molar-refractivity contribution in [2.75, 3.05) is 57.3 Å². The lowest BCUT2D eigenvalue weighted by atomic mass is 9.96. The van der Waals surface area contributed by atoms with Gasteiger partial charge in [0.25, 0.3) is 0 Å². The number of hydrogen-bond acceptors (Lipinski definition) is 5. The fraction of sp³-hybridized carbons (Fsp3) is 0.654. The summed E-state index contributed by atoms with van der Waals surface area (Å²) in [5.41, 5.74) is 7.35. The van der Waals surface area contributed by atoms with Crippen LogP contribution in [0.5, 0.6) is 0 Å². The molecule has 1 saturated heterocycles. The highest BCUT2D eigenvalue weighted by molar-refractivity contribution is 5.92. The van der Waals surface area contributed by atoms with Gasteiger partial charge in [-0.2, -0.15) is 0 Å². The number of carbonyl (C=O) groups excluding carboxylic acids is 3. The van der Waals surface area contributed by atoms with Crippen LogP contribution in [0.15, 0.2) is 24.3 Å². The van der Waals surface area contributed by atoms with E-state index >= 15 is 0 Å². The Hall–Kier alpha value is -2.45. The van der Waals surface area contributed by atoms with Crippen molar-refractivity contribution < 1.29 is 14.4 Å². The van der Waals surface area contributed by atoms with Crippen molar-refractivity contribution in [3.05, 3.63) is 29.8 Å². The van der Waals surface area contributed by atoms with E-state index in [0.717, 1.165) is 37.3 Å². The Labute approximate surface area is 204 Å². The van der Waals surface area contributed by atoms with Crippen LogP contribution in [0.2, 0.25) is 0 Å². The lowest BCUT2D eigenvalue weighted by Gasteiger charge is -2.33. The predicted molar refractivity (Wildman–Crippen MR) is 134 cm³/mol. The van der Waals surface area contributed by atoms with Gasteiger partial charge in [-0.05, 0) is 56.4 Å². The van der Waals surface area contributed by atoms with Crippen molar-refractivity contribution >= 4 is 23.4 Å². The molecule has 3 rings (SSSR count). The molecule has 0 atom stereocenters. The number of hydrogen-bond donors (Lipinski definition) is 1. The fourth-order valence-corrected chi connectivity index (χ4v) is 5.05. The van der Waals surface area contributed by atoms with Crippen molar-refractivity contribution in [3.8, 4) is 0 Å². The third kappa shape index (κ3) is 7.27. The number of nitrogens with two attached hydrogens (primary N) is 1. The van der Waals surface area contributed by atoms with Gasteiger partial charge in [0, 0.05) is 51.3 Å². The molecule has 1 fully saturated rings. The number of rotatable bonds is 5. The highest BCUT2D eigenvalue weighted by atomic mass is 16.2. The van der Waals surface area contributed by atoms with Crippen molar-refractivity contribution in [2.45, 2.75) is 46.6 Å². The standard InChI is InChI=1S/C26H41N5O3/c1-20(2)17-28-11-6-12-31(21(3)32)24-8-5-4-7-23(24)18-30(16-15-28)25(33)19-29-13-9-22(10-14-29)26(27)34/h4-5,7-8,20,22H,6,9-19H2,1-3H3,(H2,27,34). The third-order valence-corrected chi connectivity index (χ3v) is 6.89. The number of fused-ring (bicyclic) bond motifs is 1. The van der Waals surface area contributed by atoms with Crippen molar-refractivity contribution in [1.82, 2.24) is 14.7 Å². The Bertz CT molecular complexity index is 851. The van der Waals surface area contributed by atoms with Crippen LogP contribution >= 0.6 is 0 Å². The molecule has 0 saturated carbocycles. The van der Waals surface area contributed by atoms with E-state index in [2.05, 4.69) is 23.6 Å². The first kappa shape index (κ1) is 26.2. The minimum Gasteiger partial charge on any atom is -0.369 e. The van der Waals surface area contributed by atoms with E-state index in [1.165, 1.54) is 0 Å². The summed E-state index contributed by atoms with van der Waals surface area (Å²) < 4.78 is 0. The first-order chi connectivity index (χ1) is 16.2. The summed E-state index contributed by atoms with van der Waals surface area (Å²) in [7, 11) is 0. The number of nitrogens with zero attached hydrogens (tertiary/aromatic N) is 4. The van der Waals surface area contributed by atoms with Gasteiger partial charge in [-0.25, -0.2) is 0 Å². The van der Waals surface area contributed by atoms with Gasteiger partial charge >= 0.3 is 0 Å². The zero-order chi connectivity index (χ0) is 24.7. The molecule has 0 spiro atoms. The van der Waals surface area contributed by atoms with Gasteiger partial charge in [-0.1, -0.05) is 32.0 Å². The number of carbonyl (C=O) groups is 3. The monoisotopic (exact) mass is 471 g/mol. The smallest absolute Gasteiger partial charge is 0.237 e. The number of primary amides is 1. The molecule has 0 aromatic heterocycles. The van der Waals surface area contributed by atoms with E-state index in [9.17, 15) is 14.4 Å². The van der Waals surface area contributed by atoms with Crippen LogP contribution in [-0.4, -0.2) is 84.8 Å². The first-order valence-electron chi connectivity index (χ1n) is 12.6. The maximum absolute atomic E-state index is 13.5. The second-order valence-corrected chi connectivity index (χ2v) is 10.1. The lowest BCUT2D eigenvalue weighted by Crippen LogP contribution is -2.46. The highest BCUT2D eigenvalue weighted by Gasteiger charge is 2.27. The minimum absolute atomic E-state index is 0.0253. The van der Waals surface area contributed by atoms with Gasteiger partial charge in [0.2, 0.25) is 17.7 Å². The minimum atomic E-state index is -0.241. The maximum Gasteiger partial charge on any atom is 0.237 e. The van der Waals surface area contributed by atoms with Crippen molar-refractivity contribution in [3.63, 3.8) is 0 Å². The molecule has 0 radical (unpaired) electrons. The molecule has 2 aliphatic heterocycles. The van der Waals surface area contributed by atoms with E-state index in [-0.39, 0.29) is 23.6 Å². The molecular formula is C26H41N5O3. The van der Waals surface area contributed by atoms with E-state index in [0.29, 0.717) is 58.0 Å². The largest absolute Gasteiger partial charge is 0.369 e. The normalized spacial score (nSPS) is 19.5. The topological polar surface area (TPSA) is 90.2 Å². The number of amides is 3. The van der Waals surface area contributed by atoms with E-state index in [1.807, 2.05) is 34.1 Å². The van der Waals surface area contributed by atoms with Gasteiger partial charge in [-0.3, -0.25) is 19.3 Å². The Morgan fingerprint density at radius 3 is 2.32 bits per heavy atom. The Balaban J connectivity index is 1.79. The summed E-state index contributed by atoms with van der Waals surface area (Å²) in [5, 5.41) is 0. The molecule has 1 aromatic carbocycles. The Morgan fingerprint density at radius 2 is 1.68 bits per heavy atom. The van der Waals surface area contributed by atoms with Crippen LogP contribution < -0.4 is 10.6 Å². The number of para-hydroxylation sites is 1. The third-order valence-electron chi connectivity index (χ3n) is 6.89. The summed E-state index contributed by atoms with van der Waals surface area (Å²) in [5.74, 6) is 0.317. The van der Waals surface area contributed by atoms with Crippen LogP contribution in [-0.2, 0) is 20.9 Å². The second-order valence-electron chi connectivity index (χ2n) is 10.1. The summed E-state index contributed by atoms with van der Waals surface area (Å²) in [6.45, 7) is 12.3. The van der Waals surface area contributed by atoms with Gasteiger partial charge < -0.3 is 20.4 Å². The zero-order valence-corrected chi connectivity index (χ0v) is 21.0. The van der Waals surface area contributed by atoms with Gasteiger partial charge in [0.15, 0.2) is 0 Å². The molecule has 1 aromatic rings. The average Bonchev–Trinajstić information content (AvgIpc) is 2.82. The number of anilines is 1. The predicted octanol–water partition coefficient (Wildman–Crippen LogP) is 1.93. The molecule has 3 amide bonds. The molecule has 0 unspecified atom stereocenters. The van der Waals surface area contributed by atoms with E-state index in [4.69, 9.17) is 5.73 Å². The van der Waals surface area contributed by atoms with Crippen molar-refractivity contribution in [2.24, 2.45) is 17.6 Å². The molecule has 0 aliphatic carbocycles. The maximum atomic E-state index is 13.5. The van der Waals surface area contributed by atoms with Crippen LogP contribution in [0.3, 0.4) is 0 Å². The average molecular weight is 472 g/mol. The molecule has 2 aliphatic rings. The van der Waals surface area contributed by atoms with Crippen LogP contribution in [0.4, 0.5) is 5.69 Å². The SMILES string of the molecule is CC(=O)N1CCCN(CC(C)C)CCN(C(=O)CN2CCC(C(N)=O)CC2)Cc2ccccc21. The molecule has 2 N–H and O–H groups in total. The zero-order valence-electron chi connectivity index (χ0n) is 21.0. The first-order valence-corrected chi connectivity index (χ1v) is 12.6. The van der Waals surface area contributed by atoms with Crippen molar-refractivity contribution in [1.29, 1.82) is 0 Å². The molecule has 8 nitrogen and oxygen atoms in total. The van der Waals surface area contributed by atoms with Gasteiger partial charge in [0.05, 0.1) is 6.54 Å². The Morgan fingerprint density at radius 1 is 0.971 bits per heavy atom. The molecule has 8 heteroatoms. The number of benzene rings is 1. The van der Waals surface area contributed by atoms with Crippen LogP contribution in [0, 0.1) is 11.8 Å². The van der Waals surface area contributed by atoms with Gasteiger partial charge in [-0.15, -0.1) is 0 Å². The van der Waals surface area contributed by atoms with E-state index < -0.39 is 0 Å². The molecule has 0 bridgehead atoms. The summed E-state index contributed by atoms with van der Waals surface area (Å²) in [4.78, 5) is 45.8. The van der Waals surface area contributed by atoms with Crippen LogP contribution in [0.25, 0.3) is 0 Å².